The van der Waals surface area contributed by atoms with Gasteiger partial charge < -0.3 is 10.5 Å². The van der Waals surface area contributed by atoms with Crippen LogP contribution >= 0.6 is 11.6 Å². The van der Waals surface area contributed by atoms with Gasteiger partial charge in [0.1, 0.15) is 5.82 Å². The Labute approximate surface area is 99.5 Å². The lowest BCUT2D eigenvalue weighted by molar-refractivity contribution is 0.0342. The van der Waals surface area contributed by atoms with Crippen LogP contribution in [0.25, 0.3) is 0 Å². The molecule has 0 aliphatic heterocycles. The summed E-state index contributed by atoms with van der Waals surface area (Å²) in [5.41, 5.74) is 6.36. The first kappa shape index (κ1) is 11.8. The molecule has 2 atom stereocenters. The van der Waals surface area contributed by atoms with E-state index in [1.807, 2.05) is 0 Å². The van der Waals surface area contributed by atoms with Crippen LogP contribution < -0.4 is 5.73 Å². The minimum Gasteiger partial charge on any atom is -0.372 e. The highest BCUT2D eigenvalue weighted by molar-refractivity contribution is 6.30. The quantitative estimate of drug-likeness (QED) is 0.886. The van der Waals surface area contributed by atoms with Crippen molar-refractivity contribution in [1.82, 2.24) is 0 Å². The molecule has 4 heteroatoms. The van der Waals surface area contributed by atoms with Crippen LogP contribution in [0.15, 0.2) is 18.2 Å². The van der Waals surface area contributed by atoms with Crippen molar-refractivity contribution >= 4 is 11.6 Å². The summed E-state index contributed by atoms with van der Waals surface area (Å²) in [7, 11) is 0. The van der Waals surface area contributed by atoms with Crippen LogP contribution in [0.1, 0.15) is 24.8 Å². The van der Waals surface area contributed by atoms with E-state index in [-0.39, 0.29) is 24.6 Å². The molecule has 0 amide bonds. The second kappa shape index (κ2) is 5.13. The van der Waals surface area contributed by atoms with Gasteiger partial charge in [-0.2, -0.15) is 0 Å². The van der Waals surface area contributed by atoms with E-state index < -0.39 is 0 Å². The summed E-state index contributed by atoms with van der Waals surface area (Å²) < 4.78 is 19.0. The number of hydrogen-bond donors (Lipinski definition) is 1. The van der Waals surface area contributed by atoms with Gasteiger partial charge in [-0.1, -0.05) is 11.6 Å². The van der Waals surface area contributed by atoms with Crippen molar-refractivity contribution in [3.05, 3.63) is 34.6 Å². The Kier molecular flexibility index (Phi) is 3.79. The molecule has 1 fully saturated rings. The molecule has 16 heavy (non-hydrogen) atoms. The molecule has 0 bridgehead atoms. The van der Waals surface area contributed by atoms with Gasteiger partial charge in [-0.25, -0.2) is 4.39 Å². The first-order chi connectivity index (χ1) is 7.66. The summed E-state index contributed by atoms with van der Waals surface area (Å²) in [5.74, 6) is -0.282. The Hall–Kier alpha value is -0.640. The summed E-state index contributed by atoms with van der Waals surface area (Å²) in [4.78, 5) is 0. The molecule has 88 valence electrons. The van der Waals surface area contributed by atoms with Crippen LogP contribution in [0, 0.1) is 5.82 Å². The van der Waals surface area contributed by atoms with Crippen molar-refractivity contribution < 1.29 is 9.13 Å². The smallest absolute Gasteiger partial charge is 0.128 e. The average Bonchev–Trinajstić information content (AvgIpc) is 2.66. The molecular formula is C12H15ClFNO. The summed E-state index contributed by atoms with van der Waals surface area (Å²) in [6.07, 6.45) is 3.09. The van der Waals surface area contributed by atoms with E-state index in [0.717, 1.165) is 19.3 Å². The SMILES string of the molecule is NC1CCCC1OCc1cc(Cl)ccc1F. The molecule has 1 aliphatic rings. The van der Waals surface area contributed by atoms with Crippen LogP contribution in [-0.4, -0.2) is 12.1 Å². The van der Waals surface area contributed by atoms with Crippen molar-refractivity contribution in [1.29, 1.82) is 0 Å². The second-order valence-electron chi connectivity index (χ2n) is 4.18. The molecular weight excluding hydrogens is 229 g/mol. The van der Waals surface area contributed by atoms with Gasteiger partial charge >= 0.3 is 0 Å². The minimum atomic E-state index is -0.282. The lowest BCUT2D eigenvalue weighted by atomic mass is 10.2. The van der Waals surface area contributed by atoms with E-state index in [2.05, 4.69) is 0 Å². The van der Waals surface area contributed by atoms with E-state index >= 15 is 0 Å². The van der Waals surface area contributed by atoms with Gasteiger partial charge in [0.15, 0.2) is 0 Å². The molecule has 0 heterocycles. The number of halogens is 2. The molecule has 2 rings (SSSR count). The normalized spacial score (nSPS) is 24.9. The van der Waals surface area contributed by atoms with Crippen LogP contribution in [0.5, 0.6) is 0 Å². The predicted molar refractivity (Wildman–Crippen MR) is 61.8 cm³/mol. The summed E-state index contributed by atoms with van der Waals surface area (Å²) >= 11 is 5.79. The second-order valence-corrected chi connectivity index (χ2v) is 4.62. The molecule has 0 radical (unpaired) electrons. The van der Waals surface area contributed by atoms with Gasteiger partial charge in [0.2, 0.25) is 0 Å². The lowest BCUT2D eigenvalue weighted by Crippen LogP contribution is -2.31. The molecule has 1 aromatic rings. The van der Waals surface area contributed by atoms with Crippen LogP contribution in [0.2, 0.25) is 5.02 Å². The molecule has 1 aromatic carbocycles. The van der Waals surface area contributed by atoms with Crippen molar-refractivity contribution in [3.63, 3.8) is 0 Å². The molecule has 1 saturated carbocycles. The van der Waals surface area contributed by atoms with Gasteiger partial charge in [0.25, 0.3) is 0 Å². The van der Waals surface area contributed by atoms with Crippen molar-refractivity contribution in [3.8, 4) is 0 Å². The minimum absolute atomic E-state index is 0.0541. The predicted octanol–water partition coefficient (Wildman–Crippen LogP) is 2.88. The van der Waals surface area contributed by atoms with Crippen molar-refractivity contribution in [2.24, 2.45) is 5.73 Å². The Morgan fingerprint density at radius 1 is 1.44 bits per heavy atom. The zero-order chi connectivity index (χ0) is 11.5. The monoisotopic (exact) mass is 243 g/mol. The van der Waals surface area contributed by atoms with Gasteiger partial charge in [0.05, 0.1) is 12.7 Å². The molecule has 2 unspecified atom stereocenters. The summed E-state index contributed by atoms with van der Waals surface area (Å²) in [6, 6.07) is 4.57. The molecule has 2 N–H and O–H groups in total. The summed E-state index contributed by atoms with van der Waals surface area (Å²) in [6.45, 7) is 0.241. The highest BCUT2D eigenvalue weighted by atomic mass is 35.5. The maximum absolute atomic E-state index is 13.4. The topological polar surface area (TPSA) is 35.2 Å². The number of nitrogens with two attached hydrogens (primary N) is 1. The number of ether oxygens (including phenoxy) is 1. The van der Waals surface area contributed by atoms with E-state index in [4.69, 9.17) is 22.1 Å². The first-order valence-corrected chi connectivity index (χ1v) is 5.86. The fourth-order valence-electron chi connectivity index (χ4n) is 2.01. The third-order valence-electron chi connectivity index (χ3n) is 2.96. The van der Waals surface area contributed by atoms with Crippen LogP contribution in [0.4, 0.5) is 4.39 Å². The van der Waals surface area contributed by atoms with E-state index in [9.17, 15) is 4.39 Å². The van der Waals surface area contributed by atoms with Gasteiger partial charge in [-0.3, -0.25) is 0 Å². The maximum atomic E-state index is 13.4. The van der Waals surface area contributed by atoms with E-state index in [1.165, 1.54) is 12.1 Å². The fourth-order valence-corrected chi connectivity index (χ4v) is 2.21. The zero-order valence-electron chi connectivity index (χ0n) is 8.96. The Morgan fingerprint density at radius 2 is 2.25 bits per heavy atom. The van der Waals surface area contributed by atoms with Gasteiger partial charge in [-0.15, -0.1) is 0 Å². The number of hydrogen-bond acceptors (Lipinski definition) is 2. The number of rotatable bonds is 3. The third-order valence-corrected chi connectivity index (χ3v) is 3.20. The third kappa shape index (κ3) is 2.73. The molecule has 2 nitrogen and oxygen atoms in total. The zero-order valence-corrected chi connectivity index (χ0v) is 9.71. The maximum Gasteiger partial charge on any atom is 0.128 e. The highest BCUT2D eigenvalue weighted by Crippen LogP contribution is 2.23. The van der Waals surface area contributed by atoms with Crippen molar-refractivity contribution in [2.75, 3.05) is 0 Å². The number of benzene rings is 1. The van der Waals surface area contributed by atoms with Gasteiger partial charge in [0, 0.05) is 16.6 Å². The van der Waals surface area contributed by atoms with E-state index in [1.54, 1.807) is 6.07 Å². The Bertz CT molecular complexity index is 372. The molecule has 1 aliphatic carbocycles. The standard InChI is InChI=1S/C12H15ClFNO/c13-9-4-5-10(14)8(6-9)7-16-12-3-1-2-11(12)15/h4-6,11-12H,1-3,7,15H2. The first-order valence-electron chi connectivity index (χ1n) is 5.48. The molecule has 0 spiro atoms. The Balaban J connectivity index is 1.96. The van der Waals surface area contributed by atoms with E-state index in [0.29, 0.717) is 10.6 Å². The Morgan fingerprint density at radius 3 is 2.94 bits per heavy atom. The molecule has 0 aromatic heterocycles. The highest BCUT2D eigenvalue weighted by Gasteiger charge is 2.24. The van der Waals surface area contributed by atoms with Gasteiger partial charge in [-0.05, 0) is 37.5 Å². The summed E-state index contributed by atoms with van der Waals surface area (Å²) in [5, 5.41) is 0.524. The average molecular weight is 244 g/mol. The lowest BCUT2D eigenvalue weighted by Gasteiger charge is -2.16. The fraction of sp³-hybridized carbons (Fsp3) is 0.500. The largest absolute Gasteiger partial charge is 0.372 e. The van der Waals surface area contributed by atoms with Crippen LogP contribution in [-0.2, 0) is 11.3 Å². The van der Waals surface area contributed by atoms with Crippen molar-refractivity contribution in [2.45, 2.75) is 38.0 Å². The molecule has 0 saturated heterocycles. The van der Waals surface area contributed by atoms with Crippen LogP contribution in [0.3, 0.4) is 0 Å².